The van der Waals surface area contributed by atoms with E-state index < -0.39 is 10.0 Å². The highest BCUT2D eigenvalue weighted by atomic mass is 35.5. The molecule has 0 heterocycles. The lowest BCUT2D eigenvalue weighted by Crippen LogP contribution is -2.25. The Labute approximate surface area is 110 Å². The lowest BCUT2D eigenvalue weighted by atomic mass is 10.3. The standard InChI is InChI=1S/C10H12Cl2N2O2S/c1-2-3-4-14-17(15,16)10-8(11)5-7(13)6-9(10)12/h2,5-6,14H,1,3-4,13H2. The second kappa shape index (κ2) is 5.73. The summed E-state index contributed by atoms with van der Waals surface area (Å²) in [6, 6.07) is 2.69. The zero-order valence-corrected chi connectivity index (χ0v) is 11.2. The third-order valence-corrected chi connectivity index (χ3v) is 4.31. The van der Waals surface area contributed by atoms with E-state index in [1.165, 1.54) is 12.1 Å². The van der Waals surface area contributed by atoms with Crippen LogP contribution in [0.5, 0.6) is 0 Å². The number of sulfonamides is 1. The van der Waals surface area contributed by atoms with Gasteiger partial charge in [0.25, 0.3) is 0 Å². The second-order valence-electron chi connectivity index (χ2n) is 3.29. The van der Waals surface area contributed by atoms with Crippen molar-refractivity contribution in [3.05, 3.63) is 34.8 Å². The molecule has 0 aliphatic heterocycles. The number of benzene rings is 1. The minimum atomic E-state index is -3.73. The Balaban J connectivity index is 3.11. The van der Waals surface area contributed by atoms with E-state index in [9.17, 15) is 8.42 Å². The summed E-state index contributed by atoms with van der Waals surface area (Å²) in [5.41, 5.74) is 5.81. The first-order chi connectivity index (χ1) is 7.88. The lowest BCUT2D eigenvalue weighted by molar-refractivity contribution is 0.582. The summed E-state index contributed by atoms with van der Waals surface area (Å²) in [6.45, 7) is 3.74. The number of hydrogen-bond donors (Lipinski definition) is 2. The van der Waals surface area contributed by atoms with Crippen LogP contribution in [0.2, 0.25) is 10.0 Å². The topological polar surface area (TPSA) is 72.2 Å². The average Bonchev–Trinajstić information content (AvgIpc) is 2.15. The van der Waals surface area contributed by atoms with Gasteiger partial charge in [-0.3, -0.25) is 0 Å². The molecule has 0 saturated carbocycles. The van der Waals surface area contributed by atoms with E-state index in [1.54, 1.807) is 6.08 Å². The normalized spacial score (nSPS) is 11.4. The molecule has 0 bridgehead atoms. The van der Waals surface area contributed by atoms with Crippen molar-refractivity contribution >= 4 is 38.9 Å². The van der Waals surface area contributed by atoms with Gasteiger partial charge in [-0.05, 0) is 18.6 Å². The maximum absolute atomic E-state index is 11.9. The van der Waals surface area contributed by atoms with Crippen molar-refractivity contribution in [1.29, 1.82) is 0 Å². The zero-order valence-electron chi connectivity index (χ0n) is 8.91. The van der Waals surface area contributed by atoms with Gasteiger partial charge in [0.1, 0.15) is 4.90 Å². The molecule has 17 heavy (non-hydrogen) atoms. The number of rotatable bonds is 5. The number of nitrogen functional groups attached to an aromatic ring is 1. The molecule has 4 nitrogen and oxygen atoms in total. The molecule has 1 aromatic rings. The van der Waals surface area contributed by atoms with Crippen LogP contribution >= 0.6 is 23.2 Å². The molecule has 7 heteroatoms. The number of nitrogens with two attached hydrogens (primary N) is 1. The molecular weight excluding hydrogens is 283 g/mol. The smallest absolute Gasteiger partial charge is 0.243 e. The Morgan fingerprint density at radius 1 is 1.35 bits per heavy atom. The molecule has 0 radical (unpaired) electrons. The number of hydrogen-bond acceptors (Lipinski definition) is 3. The number of halogens is 2. The van der Waals surface area contributed by atoms with E-state index in [-0.39, 0.29) is 21.5 Å². The average molecular weight is 295 g/mol. The zero-order chi connectivity index (χ0) is 13.1. The van der Waals surface area contributed by atoms with Crippen molar-refractivity contribution in [1.82, 2.24) is 4.72 Å². The largest absolute Gasteiger partial charge is 0.399 e. The van der Waals surface area contributed by atoms with Crippen molar-refractivity contribution in [3.8, 4) is 0 Å². The Bertz CT molecular complexity index is 506. The second-order valence-corrected chi connectivity index (χ2v) is 5.81. The van der Waals surface area contributed by atoms with Crippen LogP contribution in [0.1, 0.15) is 6.42 Å². The molecule has 0 aliphatic rings. The first-order valence-electron chi connectivity index (χ1n) is 4.73. The molecule has 0 spiro atoms. The molecule has 1 rings (SSSR count). The van der Waals surface area contributed by atoms with Crippen molar-refractivity contribution in [2.24, 2.45) is 0 Å². The van der Waals surface area contributed by atoms with Gasteiger partial charge in [0.15, 0.2) is 0 Å². The van der Waals surface area contributed by atoms with Gasteiger partial charge >= 0.3 is 0 Å². The van der Waals surface area contributed by atoms with Crippen LogP contribution < -0.4 is 10.5 Å². The van der Waals surface area contributed by atoms with Gasteiger partial charge in [-0.25, -0.2) is 13.1 Å². The first kappa shape index (κ1) is 14.3. The van der Waals surface area contributed by atoms with Crippen molar-refractivity contribution in [2.75, 3.05) is 12.3 Å². The van der Waals surface area contributed by atoms with E-state index in [0.717, 1.165) is 0 Å². The minimum Gasteiger partial charge on any atom is -0.399 e. The Morgan fingerprint density at radius 3 is 2.35 bits per heavy atom. The van der Waals surface area contributed by atoms with Crippen LogP contribution in [0.3, 0.4) is 0 Å². The van der Waals surface area contributed by atoms with Gasteiger partial charge < -0.3 is 5.73 Å². The summed E-state index contributed by atoms with van der Waals surface area (Å²) in [7, 11) is -3.73. The van der Waals surface area contributed by atoms with Gasteiger partial charge in [-0.2, -0.15) is 0 Å². The summed E-state index contributed by atoms with van der Waals surface area (Å²) >= 11 is 11.7. The molecule has 1 aromatic carbocycles. The predicted octanol–water partition coefficient (Wildman–Crippen LogP) is 2.43. The fourth-order valence-corrected chi connectivity index (χ4v) is 3.48. The van der Waals surface area contributed by atoms with Gasteiger partial charge in [0.05, 0.1) is 10.0 Å². The maximum Gasteiger partial charge on any atom is 0.243 e. The first-order valence-corrected chi connectivity index (χ1v) is 6.97. The van der Waals surface area contributed by atoms with Gasteiger partial charge in [0.2, 0.25) is 10.0 Å². The highest BCUT2D eigenvalue weighted by molar-refractivity contribution is 7.89. The van der Waals surface area contributed by atoms with E-state index in [2.05, 4.69) is 11.3 Å². The SMILES string of the molecule is C=CCCNS(=O)(=O)c1c(Cl)cc(N)cc1Cl. The molecule has 0 amide bonds. The molecule has 0 unspecified atom stereocenters. The summed E-state index contributed by atoms with van der Waals surface area (Å²) < 4.78 is 26.2. The Hall–Kier alpha value is -0.750. The molecule has 0 saturated heterocycles. The van der Waals surface area contributed by atoms with Crippen LogP contribution in [-0.2, 0) is 10.0 Å². The van der Waals surface area contributed by atoms with Crippen molar-refractivity contribution in [3.63, 3.8) is 0 Å². The monoisotopic (exact) mass is 294 g/mol. The third kappa shape index (κ3) is 3.61. The summed E-state index contributed by atoms with van der Waals surface area (Å²) in [5.74, 6) is 0. The van der Waals surface area contributed by atoms with Crippen molar-refractivity contribution < 1.29 is 8.42 Å². The third-order valence-electron chi connectivity index (χ3n) is 1.93. The van der Waals surface area contributed by atoms with Crippen LogP contribution in [0.25, 0.3) is 0 Å². The molecule has 0 aromatic heterocycles. The number of anilines is 1. The minimum absolute atomic E-state index is 0.00102. The van der Waals surface area contributed by atoms with Crippen LogP contribution in [-0.4, -0.2) is 15.0 Å². The van der Waals surface area contributed by atoms with E-state index in [1.807, 2.05) is 0 Å². The quantitative estimate of drug-likeness (QED) is 0.498. The Morgan fingerprint density at radius 2 is 1.88 bits per heavy atom. The van der Waals surface area contributed by atoms with Crippen LogP contribution in [0, 0.1) is 0 Å². The Kier molecular flexibility index (Phi) is 4.82. The fourth-order valence-electron chi connectivity index (χ4n) is 1.20. The van der Waals surface area contributed by atoms with E-state index >= 15 is 0 Å². The highest BCUT2D eigenvalue weighted by Gasteiger charge is 2.21. The maximum atomic E-state index is 11.9. The number of nitrogens with one attached hydrogen (secondary N) is 1. The van der Waals surface area contributed by atoms with E-state index in [4.69, 9.17) is 28.9 Å². The summed E-state index contributed by atoms with van der Waals surface area (Å²) in [6.07, 6.45) is 2.12. The van der Waals surface area contributed by atoms with E-state index in [0.29, 0.717) is 12.1 Å². The summed E-state index contributed by atoms with van der Waals surface area (Å²) in [5, 5.41) is 0.00204. The van der Waals surface area contributed by atoms with Gasteiger partial charge in [-0.15, -0.1) is 6.58 Å². The van der Waals surface area contributed by atoms with Crippen LogP contribution in [0.15, 0.2) is 29.7 Å². The lowest BCUT2D eigenvalue weighted by Gasteiger charge is -2.10. The van der Waals surface area contributed by atoms with Crippen LogP contribution in [0.4, 0.5) is 5.69 Å². The highest BCUT2D eigenvalue weighted by Crippen LogP contribution is 2.31. The molecule has 0 aliphatic carbocycles. The molecular formula is C10H12Cl2N2O2S. The molecule has 94 valence electrons. The summed E-state index contributed by atoms with van der Waals surface area (Å²) in [4.78, 5) is -0.154. The van der Waals surface area contributed by atoms with Crippen molar-refractivity contribution in [2.45, 2.75) is 11.3 Å². The van der Waals surface area contributed by atoms with Gasteiger partial charge in [0, 0.05) is 12.2 Å². The molecule has 0 atom stereocenters. The molecule has 3 N–H and O–H groups in total. The van der Waals surface area contributed by atoms with Gasteiger partial charge in [-0.1, -0.05) is 29.3 Å². The fraction of sp³-hybridized carbons (Fsp3) is 0.200. The predicted molar refractivity (Wildman–Crippen MR) is 70.9 cm³/mol. The molecule has 0 fully saturated rings.